The van der Waals surface area contributed by atoms with Gasteiger partial charge < -0.3 is 83.5 Å². The summed E-state index contributed by atoms with van der Waals surface area (Å²) >= 11 is 0. The number of phenolic OH excluding ortho intramolecular Hbond substituents is 4. The minimum atomic E-state index is -3.64. The standard InChI is InChI=1S/C38H36N2O6.C28H16N2O4.C12H18O4S.C11H8O3.C6H8N2O2.2ClH/c1-3-13-41-15-17-43-33-21-27-11-7-5-9-25(27)19-29(33)37-39-31-23-32-36(24-35(31)45-37)46-38(40-32)30-20-26-10-6-8-12-28(26)22-34(30)44-18-16-42-14-4-2;31-23-11-17-7-3-1-5-15(17)9-19(23)27-29-21-13-22-26(14-25(21)33-27)34-28(30-22)20-10-16-6-2-4-8-18(16)12-24(20)32;1-3-8-15-9-10-16-17(13,14)12-6-4-11(2)5-7-12;12-10-6-8-4-2-1-3-7(8)5-9(10)11(13)14;7-3-1-4(8)6(10)2-5(3)9;;/h5-12,19-24H,3-4,13-18H2,1-2H3;1-14,31-32H;4-7H,3,8-10H2,1-2H3;1-6,12H,(H,13,14);1-2,9-10H,7-8H2;2*1H. The van der Waals surface area contributed by atoms with Gasteiger partial charge in [0.25, 0.3) is 10.1 Å². The molecule has 0 saturated heterocycles. The Morgan fingerprint density at radius 3 is 1.00 bits per heavy atom. The SMILES string of the molecule is CCCOCCOS(=O)(=O)c1ccc(C)cc1.CCCOCCOc1cc2ccccc2cc1-c1nc2cc3nc(-c4cc5ccccc5cc4OCCOCCC)oc3cc2o1.Cl.Cl.Nc1cc(N)c(O)cc1O.O=C(O)c1cc2ccccc2cc1O.Oc1cc2ccccc2cc1-c1nc2cc3nc(-c4cc5ccccc5cc4O)oc3cc2o1. The molecule has 0 atom stereocenters. The summed E-state index contributed by atoms with van der Waals surface area (Å²) in [5.41, 5.74) is 19.1. The molecule has 632 valence electrons. The summed E-state index contributed by atoms with van der Waals surface area (Å²) < 4.78 is 81.6. The van der Waals surface area contributed by atoms with Crippen LogP contribution in [0.3, 0.4) is 0 Å². The monoisotopic (exact) mass is 1720 g/mol. The van der Waals surface area contributed by atoms with E-state index in [1.807, 2.05) is 141 Å². The smallest absolute Gasteiger partial charge is 0.339 e. The van der Waals surface area contributed by atoms with Gasteiger partial charge in [0.1, 0.15) is 81.1 Å². The second-order valence-electron chi connectivity index (χ2n) is 28.1. The molecule has 0 aliphatic heterocycles. The van der Waals surface area contributed by atoms with Crippen LogP contribution in [0.25, 0.3) is 144 Å². The van der Waals surface area contributed by atoms with Crippen LogP contribution >= 0.6 is 24.8 Å². The Balaban J connectivity index is 0.000000156. The third-order valence-electron chi connectivity index (χ3n) is 19.2. The van der Waals surface area contributed by atoms with Crippen molar-refractivity contribution >= 4 is 151 Å². The fraction of sp³-hybridized carbons (Fsp3) is 0.168. The molecule has 0 bridgehead atoms. The van der Waals surface area contributed by atoms with Gasteiger partial charge in [-0.05, 0) is 171 Å². The number of aromatic carboxylic acids is 1. The van der Waals surface area contributed by atoms with Crippen molar-refractivity contribution in [2.75, 3.05) is 70.9 Å². The topological polar surface area (TPSA) is 384 Å². The molecule has 0 spiro atoms. The second kappa shape index (κ2) is 40.6. The van der Waals surface area contributed by atoms with Crippen LogP contribution in [0.15, 0.2) is 265 Å². The fourth-order valence-corrected chi connectivity index (χ4v) is 14.0. The molecule has 123 heavy (non-hydrogen) atoms. The number of aromatic hydroxyl groups is 5. The zero-order chi connectivity index (χ0) is 84.7. The third-order valence-corrected chi connectivity index (χ3v) is 20.5. The number of hydrogen-bond donors (Lipinski definition) is 8. The lowest BCUT2D eigenvalue weighted by molar-refractivity contribution is 0.0693. The number of phenols is 5. The zero-order valence-electron chi connectivity index (χ0n) is 67.2. The van der Waals surface area contributed by atoms with Crippen LogP contribution in [0.1, 0.15) is 56.0 Å². The van der Waals surface area contributed by atoms with Crippen molar-refractivity contribution < 1.29 is 89.4 Å². The first-order chi connectivity index (χ1) is 58.7. The first kappa shape index (κ1) is 88.6. The third kappa shape index (κ3) is 21.4. The minimum absolute atomic E-state index is 0. The van der Waals surface area contributed by atoms with E-state index < -0.39 is 16.1 Å². The maximum absolute atomic E-state index is 11.7. The number of carboxylic acid groups (broad SMARTS) is 1. The van der Waals surface area contributed by atoms with Crippen molar-refractivity contribution in [2.24, 2.45) is 0 Å². The van der Waals surface area contributed by atoms with Crippen molar-refractivity contribution in [3.05, 3.63) is 254 Å². The number of carboxylic acids is 1. The van der Waals surface area contributed by atoms with E-state index in [-0.39, 0.29) is 82.0 Å². The summed E-state index contributed by atoms with van der Waals surface area (Å²) in [4.78, 5) is 29.8. The molecule has 0 aliphatic rings. The molecule has 0 unspecified atom stereocenters. The van der Waals surface area contributed by atoms with E-state index in [0.717, 1.165) is 95.9 Å². The van der Waals surface area contributed by atoms with Crippen LogP contribution < -0.4 is 20.9 Å². The fourth-order valence-electron chi connectivity index (χ4n) is 13.1. The van der Waals surface area contributed by atoms with E-state index in [1.54, 1.807) is 42.5 Å². The van der Waals surface area contributed by atoms with Gasteiger partial charge in [0.2, 0.25) is 23.6 Å². The predicted molar refractivity (Wildman–Crippen MR) is 483 cm³/mol. The number of nitrogens with zero attached hydrogens (tertiary/aromatic N) is 4. The van der Waals surface area contributed by atoms with E-state index in [9.17, 15) is 28.5 Å². The van der Waals surface area contributed by atoms with Crippen LogP contribution in [0.4, 0.5) is 11.4 Å². The van der Waals surface area contributed by atoms with Crippen LogP contribution in [0.2, 0.25) is 0 Å². The Labute approximate surface area is 718 Å². The lowest BCUT2D eigenvalue weighted by Crippen LogP contribution is -2.11. The zero-order valence-corrected chi connectivity index (χ0v) is 69.7. The molecule has 4 heterocycles. The summed E-state index contributed by atoms with van der Waals surface area (Å²) in [6.07, 6.45) is 2.84. The molecular weight excluding hydrogens is 1630 g/mol. The number of fused-ring (bicyclic) bond motifs is 9. The normalized spacial score (nSPS) is 11.2. The number of aromatic nitrogens is 4. The van der Waals surface area contributed by atoms with Gasteiger partial charge in [0, 0.05) is 38.0 Å². The molecular formula is C95H88Cl2N6O19S. The molecule has 18 rings (SSSR count). The molecule has 25 nitrogen and oxygen atoms in total. The van der Waals surface area contributed by atoms with Crippen LogP contribution in [-0.2, 0) is 28.5 Å². The first-order valence-electron chi connectivity index (χ1n) is 39.1. The summed E-state index contributed by atoms with van der Waals surface area (Å²) in [5, 5.41) is 66.8. The Morgan fingerprint density at radius 1 is 0.350 bits per heavy atom. The number of aryl methyl sites for hydroxylation is 1. The quantitative estimate of drug-likeness (QED) is 0.00915. The molecule has 0 radical (unpaired) electrons. The summed E-state index contributed by atoms with van der Waals surface area (Å²) in [7, 11) is -3.64. The van der Waals surface area contributed by atoms with Crippen LogP contribution in [0, 0.1) is 6.92 Å². The van der Waals surface area contributed by atoms with Crippen molar-refractivity contribution in [3.63, 3.8) is 0 Å². The van der Waals surface area contributed by atoms with Gasteiger partial charge in [-0.25, -0.2) is 24.7 Å². The van der Waals surface area contributed by atoms with Crippen molar-refractivity contribution in [1.82, 2.24) is 19.9 Å². The van der Waals surface area contributed by atoms with Crippen molar-refractivity contribution in [2.45, 2.75) is 51.9 Å². The van der Waals surface area contributed by atoms with Gasteiger partial charge in [-0.2, -0.15) is 8.42 Å². The summed E-state index contributed by atoms with van der Waals surface area (Å²) in [6, 6.07) is 73.6. The highest BCUT2D eigenvalue weighted by Gasteiger charge is 2.23. The van der Waals surface area contributed by atoms with Gasteiger partial charge >= 0.3 is 5.97 Å². The van der Waals surface area contributed by atoms with Gasteiger partial charge in [-0.1, -0.05) is 160 Å². The average Bonchev–Trinajstić information content (AvgIpc) is 1.61. The number of nitrogens with two attached hydrogens (primary N) is 2. The molecule has 18 aromatic rings. The highest BCUT2D eigenvalue weighted by atomic mass is 35.5. The summed E-state index contributed by atoms with van der Waals surface area (Å²) in [5.74, 6) is 1.51. The molecule has 28 heteroatoms. The number of nitrogen functional groups attached to an aromatic ring is 2. The number of rotatable bonds is 24. The molecule has 10 N–H and O–H groups in total. The lowest BCUT2D eigenvalue weighted by Gasteiger charge is -2.11. The number of benzene rings is 14. The Hall–Kier alpha value is -13.7. The Bertz CT molecular complexity index is 6440. The maximum Gasteiger partial charge on any atom is 0.339 e. The van der Waals surface area contributed by atoms with Crippen molar-refractivity contribution in [1.29, 1.82) is 0 Å². The number of ether oxygens (including phenoxy) is 5. The van der Waals surface area contributed by atoms with Gasteiger partial charge in [-0.3, -0.25) is 4.18 Å². The molecule has 0 aliphatic carbocycles. The molecule has 0 fully saturated rings. The highest BCUT2D eigenvalue weighted by Crippen LogP contribution is 2.42. The van der Waals surface area contributed by atoms with E-state index in [4.69, 9.17) is 82.3 Å². The largest absolute Gasteiger partial charge is 0.507 e. The van der Waals surface area contributed by atoms with Crippen LogP contribution in [-0.4, -0.2) is 124 Å². The van der Waals surface area contributed by atoms with Gasteiger partial charge in [0.05, 0.1) is 65.0 Å². The number of hydrogen-bond acceptors (Lipinski definition) is 24. The van der Waals surface area contributed by atoms with Gasteiger partial charge in [-0.15, -0.1) is 24.8 Å². The molecule has 0 amide bonds. The number of oxazole rings is 4. The first-order valence-corrected chi connectivity index (χ1v) is 40.5. The van der Waals surface area contributed by atoms with E-state index >= 15 is 0 Å². The molecule has 0 saturated carbocycles. The lowest BCUT2D eigenvalue weighted by atomic mass is 10.1. The Kier molecular flexibility index (Phi) is 29.2. The second-order valence-corrected chi connectivity index (χ2v) is 29.7. The molecule has 4 aromatic heterocycles. The van der Waals surface area contributed by atoms with E-state index in [2.05, 4.69) is 60.2 Å². The highest BCUT2D eigenvalue weighted by molar-refractivity contribution is 7.86. The van der Waals surface area contributed by atoms with Gasteiger partial charge in [0.15, 0.2) is 22.3 Å². The Morgan fingerprint density at radius 2 is 0.659 bits per heavy atom. The number of carbonyl (C=O) groups is 1. The van der Waals surface area contributed by atoms with Crippen molar-refractivity contribution in [3.8, 4) is 86.1 Å². The van der Waals surface area contributed by atoms with E-state index in [1.165, 1.54) is 30.3 Å². The average molecular weight is 1720 g/mol. The predicted octanol–water partition coefficient (Wildman–Crippen LogP) is 21.7. The number of anilines is 2. The number of halogens is 2. The molecule has 14 aromatic carbocycles. The minimum Gasteiger partial charge on any atom is -0.507 e. The van der Waals surface area contributed by atoms with Crippen LogP contribution in [0.5, 0.6) is 40.2 Å². The maximum atomic E-state index is 11.7. The summed E-state index contributed by atoms with van der Waals surface area (Å²) in [6.45, 7) is 12.3. The van der Waals surface area contributed by atoms with E-state index in [0.29, 0.717) is 143 Å².